The molecule has 2 nitrogen and oxygen atoms in total. The molecule has 0 bridgehead atoms. The van der Waals surface area contributed by atoms with Gasteiger partial charge in [-0.25, -0.2) is 0 Å². The lowest BCUT2D eigenvalue weighted by Crippen LogP contribution is -2.18. The fraction of sp³-hybridized carbons (Fsp3) is 0.353. The molecule has 1 aromatic heterocycles. The number of Topliss-reactive ketones (excluding diaryl/α,β-unsaturated/α-hetero) is 1. The van der Waals surface area contributed by atoms with Crippen molar-refractivity contribution in [3.8, 4) is 5.75 Å². The number of fused-ring (bicyclic) bond motifs is 2. The first-order valence-corrected chi connectivity index (χ1v) is 8.08. The predicted octanol–water partition coefficient (Wildman–Crippen LogP) is 3.99. The number of benzene rings is 1. The highest BCUT2D eigenvalue weighted by Crippen LogP contribution is 2.39. The minimum absolute atomic E-state index is 0.0284. The van der Waals surface area contributed by atoms with Crippen LogP contribution in [0.3, 0.4) is 0 Å². The molecular formula is C17H16O2S. The normalized spacial score (nSPS) is 20.1. The largest absolute Gasteiger partial charge is 0.492 e. The highest BCUT2D eigenvalue weighted by molar-refractivity contribution is 7.10. The van der Waals surface area contributed by atoms with E-state index in [1.807, 2.05) is 12.1 Å². The second kappa shape index (κ2) is 4.74. The summed E-state index contributed by atoms with van der Waals surface area (Å²) in [4.78, 5) is 14.3. The summed E-state index contributed by atoms with van der Waals surface area (Å²) in [6.45, 7) is 0.702. The molecule has 0 saturated carbocycles. The molecule has 2 aliphatic rings. The number of para-hydroxylation sites is 1. The number of carbonyl (C=O) groups excluding carboxylic acids is 1. The van der Waals surface area contributed by atoms with E-state index in [2.05, 4.69) is 17.5 Å². The number of thiophene rings is 1. The lowest BCUT2D eigenvalue weighted by molar-refractivity contribution is 0.0948. The molecule has 3 heteroatoms. The van der Waals surface area contributed by atoms with Crippen LogP contribution in [0.15, 0.2) is 29.6 Å². The van der Waals surface area contributed by atoms with Crippen LogP contribution in [0.2, 0.25) is 0 Å². The topological polar surface area (TPSA) is 26.3 Å². The Morgan fingerprint density at radius 1 is 1.25 bits per heavy atom. The third kappa shape index (κ3) is 1.80. The van der Waals surface area contributed by atoms with Gasteiger partial charge in [0, 0.05) is 17.2 Å². The summed E-state index contributed by atoms with van der Waals surface area (Å²) in [5.41, 5.74) is 3.21. The van der Waals surface area contributed by atoms with Crippen LogP contribution in [0.1, 0.15) is 45.1 Å². The molecule has 1 aliphatic heterocycles. The molecule has 0 N–H and O–H groups in total. The van der Waals surface area contributed by atoms with Gasteiger partial charge >= 0.3 is 0 Å². The first kappa shape index (κ1) is 12.2. The maximum absolute atomic E-state index is 12.9. The van der Waals surface area contributed by atoms with Crippen LogP contribution in [0, 0.1) is 0 Å². The van der Waals surface area contributed by atoms with Gasteiger partial charge in [0.1, 0.15) is 5.75 Å². The highest BCUT2D eigenvalue weighted by Gasteiger charge is 2.31. The summed E-state index contributed by atoms with van der Waals surface area (Å²) in [6.07, 6.45) is 4.12. The predicted molar refractivity (Wildman–Crippen MR) is 80.0 cm³/mol. The molecule has 0 amide bonds. The summed E-state index contributed by atoms with van der Waals surface area (Å²) in [5, 5.41) is 2.11. The molecule has 1 aliphatic carbocycles. The molecule has 0 saturated heterocycles. The number of ketones is 1. The SMILES string of the molecule is O=C(c1cccc2c1OCC2)C1CCCc2sccc21. The first-order chi connectivity index (χ1) is 9.84. The Bertz CT molecular complexity index is 671. The van der Waals surface area contributed by atoms with E-state index >= 15 is 0 Å². The van der Waals surface area contributed by atoms with Gasteiger partial charge in [0.15, 0.2) is 5.78 Å². The second-order valence-corrected chi connectivity index (χ2v) is 6.50. The van der Waals surface area contributed by atoms with Crippen molar-refractivity contribution < 1.29 is 9.53 Å². The van der Waals surface area contributed by atoms with E-state index in [4.69, 9.17) is 4.74 Å². The zero-order valence-electron chi connectivity index (χ0n) is 11.2. The van der Waals surface area contributed by atoms with Crippen molar-refractivity contribution in [2.24, 2.45) is 0 Å². The molecule has 4 rings (SSSR count). The van der Waals surface area contributed by atoms with Gasteiger partial charge in [-0.2, -0.15) is 0 Å². The van der Waals surface area contributed by atoms with E-state index < -0.39 is 0 Å². The molecule has 1 unspecified atom stereocenters. The van der Waals surface area contributed by atoms with Crippen LogP contribution in [0.25, 0.3) is 0 Å². The van der Waals surface area contributed by atoms with Gasteiger partial charge in [-0.3, -0.25) is 4.79 Å². The van der Waals surface area contributed by atoms with Crippen molar-refractivity contribution in [1.29, 1.82) is 0 Å². The number of hydrogen-bond acceptors (Lipinski definition) is 3. The second-order valence-electron chi connectivity index (χ2n) is 5.50. The lowest BCUT2D eigenvalue weighted by Gasteiger charge is -2.22. The summed E-state index contributed by atoms with van der Waals surface area (Å²) in [6, 6.07) is 8.10. The van der Waals surface area contributed by atoms with Crippen molar-refractivity contribution in [2.75, 3.05) is 6.61 Å². The zero-order chi connectivity index (χ0) is 13.5. The van der Waals surface area contributed by atoms with E-state index in [0.29, 0.717) is 6.61 Å². The van der Waals surface area contributed by atoms with Crippen molar-refractivity contribution in [2.45, 2.75) is 31.6 Å². The van der Waals surface area contributed by atoms with Gasteiger partial charge in [0.25, 0.3) is 0 Å². The van der Waals surface area contributed by atoms with Crippen molar-refractivity contribution >= 4 is 17.1 Å². The van der Waals surface area contributed by atoms with Gasteiger partial charge in [-0.05, 0) is 47.9 Å². The number of hydrogen-bond donors (Lipinski definition) is 0. The quantitative estimate of drug-likeness (QED) is 0.780. The number of carbonyl (C=O) groups is 1. The molecule has 20 heavy (non-hydrogen) atoms. The van der Waals surface area contributed by atoms with Crippen molar-refractivity contribution in [1.82, 2.24) is 0 Å². The van der Waals surface area contributed by atoms with Crippen LogP contribution < -0.4 is 4.74 Å². The molecule has 102 valence electrons. The molecule has 0 radical (unpaired) electrons. The number of rotatable bonds is 2. The molecule has 2 aromatic rings. The Kier molecular flexibility index (Phi) is 2.88. The standard InChI is InChI=1S/C17H16O2S/c18-16(13-4-2-6-15-12(13)8-10-20-15)14-5-1-3-11-7-9-19-17(11)14/h1,3,5,8,10,13H,2,4,6-7,9H2. The van der Waals surface area contributed by atoms with Gasteiger partial charge in [-0.1, -0.05) is 12.1 Å². The summed E-state index contributed by atoms with van der Waals surface area (Å²) >= 11 is 1.78. The Labute approximate surface area is 122 Å². The minimum atomic E-state index is 0.0284. The summed E-state index contributed by atoms with van der Waals surface area (Å²) in [7, 11) is 0. The molecular weight excluding hydrogens is 268 g/mol. The Morgan fingerprint density at radius 3 is 3.15 bits per heavy atom. The van der Waals surface area contributed by atoms with Crippen molar-refractivity contribution in [3.05, 3.63) is 51.2 Å². The van der Waals surface area contributed by atoms with Crippen molar-refractivity contribution in [3.63, 3.8) is 0 Å². The van der Waals surface area contributed by atoms with E-state index in [0.717, 1.165) is 37.0 Å². The first-order valence-electron chi connectivity index (χ1n) is 7.20. The lowest BCUT2D eigenvalue weighted by atomic mass is 9.82. The molecule has 0 fully saturated rings. The van der Waals surface area contributed by atoms with Crippen LogP contribution >= 0.6 is 11.3 Å². The van der Waals surface area contributed by atoms with E-state index in [9.17, 15) is 4.79 Å². The van der Waals surface area contributed by atoms with Gasteiger partial charge in [-0.15, -0.1) is 11.3 Å². The fourth-order valence-electron chi connectivity index (χ4n) is 3.36. The zero-order valence-corrected chi connectivity index (χ0v) is 12.0. The third-order valence-electron chi connectivity index (χ3n) is 4.35. The van der Waals surface area contributed by atoms with Gasteiger partial charge in [0.2, 0.25) is 0 Å². The Balaban J connectivity index is 1.75. The van der Waals surface area contributed by atoms with Crippen LogP contribution in [-0.2, 0) is 12.8 Å². The van der Waals surface area contributed by atoms with Gasteiger partial charge in [0.05, 0.1) is 12.2 Å². The van der Waals surface area contributed by atoms with Crippen LogP contribution in [-0.4, -0.2) is 12.4 Å². The van der Waals surface area contributed by atoms with E-state index in [1.54, 1.807) is 11.3 Å². The van der Waals surface area contributed by atoms with Crippen LogP contribution in [0.5, 0.6) is 5.75 Å². The van der Waals surface area contributed by atoms with Crippen LogP contribution in [0.4, 0.5) is 0 Å². The van der Waals surface area contributed by atoms with E-state index in [-0.39, 0.29) is 11.7 Å². The Morgan fingerprint density at radius 2 is 2.20 bits per heavy atom. The molecule has 2 heterocycles. The summed E-state index contributed by atoms with van der Waals surface area (Å²) in [5.74, 6) is 1.10. The fourth-order valence-corrected chi connectivity index (χ4v) is 4.34. The molecule has 0 spiro atoms. The Hall–Kier alpha value is -1.61. The average molecular weight is 284 g/mol. The maximum Gasteiger partial charge on any atom is 0.174 e. The molecule has 1 atom stereocenters. The maximum atomic E-state index is 12.9. The van der Waals surface area contributed by atoms with E-state index in [1.165, 1.54) is 16.0 Å². The molecule has 1 aromatic carbocycles. The van der Waals surface area contributed by atoms with Gasteiger partial charge < -0.3 is 4.74 Å². The number of ether oxygens (including phenoxy) is 1. The monoisotopic (exact) mass is 284 g/mol. The number of aryl methyl sites for hydroxylation is 1. The minimum Gasteiger partial charge on any atom is -0.492 e. The highest BCUT2D eigenvalue weighted by atomic mass is 32.1. The summed E-state index contributed by atoms with van der Waals surface area (Å²) < 4.78 is 5.69. The average Bonchev–Trinajstić information content (AvgIpc) is 3.13. The smallest absolute Gasteiger partial charge is 0.174 e. The third-order valence-corrected chi connectivity index (χ3v) is 5.34.